The van der Waals surface area contributed by atoms with Gasteiger partial charge in [-0.05, 0) is 33.7 Å². The molecule has 0 saturated heterocycles. The molecule has 0 aliphatic rings. The quantitative estimate of drug-likeness (QED) is 0.620. The zero-order chi connectivity index (χ0) is 8.20. The van der Waals surface area contributed by atoms with E-state index in [0.29, 0.717) is 6.04 Å². The summed E-state index contributed by atoms with van der Waals surface area (Å²) in [5, 5.41) is 3.23. The van der Waals surface area contributed by atoms with Gasteiger partial charge in [0.15, 0.2) is 0 Å². The topological polar surface area (TPSA) is 38.0 Å². The van der Waals surface area contributed by atoms with Crippen molar-refractivity contribution in [3.8, 4) is 0 Å². The molecule has 0 rings (SSSR count). The Morgan fingerprint density at radius 1 is 1.50 bits per heavy atom. The van der Waals surface area contributed by atoms with Gasteiger partial charge in [-0.1, -0.05) is 6.92 Å². The van der Waals surface area contributed by atoms with E-state index in [2.05, 4.69) is 26.1 Å². The minimum Gasteiger partial charge on any atom is -0.328 e. The van der Waals surface area contributed by atoms with Crippen molar-refractivity contribution in [1.29, 1.82) is 0 Å². The van der Waals surface area contributed by atoms with Gasteiger partial charge < -0.3 is 11.1 Å². The van der Waals surface area contributed by atoms with E-state index in [4.69, 9.17) is 5.73 Å². The van der Waals surface area contributed by atoms with Gasteiger partial charge in [0.2, 0.25) is 0 Å². The molecule has 0 bridgehead atoms. The Hall–Kier alpha value is -0.0800. The van der Waals surface area contributed by atoms with Gasteiger partial charge in [-0.2, -0.15) is 0 Å². The fourth-order valence-electron chi connectivity index (χ4n) is 0.902. The molecule has 0 aromatic rings. The summed E-state index contributed by atoms with van der Waals surface area (Å²) in [4.78, 5) is 0. The van der Waals surface area contributed by atoms with Crippen LogP contribution in [0.25, 0.3) is 0 Å². The normalized spacial score (nSPS) is 15.3. The van der Waals surface area contributed by atoms with Crippen molar-refractivity contribution in [2.75, 3.05) is 7.05 Å². The summed E-state index contributed by atoms with van der Waals surface area (Å²) in [5.41, 5.74) is 5.98. The Labute approximate surface area is 64.2 Å². The Kier molecular flexibility index (Phi) is 3.91. The minimum absolute atomic E-state index is 0.190. The Morgan fingerprint density at radius 3 is 2.30 bits per heavy atom. The molecule has 0 aromatic carbocycles. The monoisotopic (exact) mass is 144 g/mol. The Morgan fingerprint density at radius 2 is 2.00 bits per heavy atom. The van der Waals surface area contributed by atoms with Crippen molar-refractivity contribution in [1.82, 2.24) is 5.32 Å². The summed E-state index contributed by atoms with van der Waals surface area (Å²) in [6.45, 7) is 6.46. The molecule has 2 heteroatoms. The fourth-order valence-corrected chi connectivity index (χ4v) is 0.902. The second-order valence-corrected chi connectivity index (χ2v) is 3.51. The average Bonchev–Trinajstić information content (AvgIpc) is 1.87. The highest BCUT2D eigenvalue weighted by atomic mass is 14.9. The van der Waals surface area contributed by atoms with Crippen LogP contribution in [0.1, 0.15) is 33.6 Å². The first-order valence-corrected chi connectivity index (χ1v) is 3.96. The molecule has 0 aromatic heterocycles. The van der Waals surface area contributed by atoms with Crippen LogP contribution in [0.5, 0.6) is 0 Å². The smallest absolute Gasteiger partial charge is 0.0136 e. The van der Waals surface area contributed by atoms with Crippen LogP contribution < -0.4 is 11.1 Å². The van der Waals surface area contributed by atoms with E-state index in [-0.39, 0.29) is 5.54 Å². The van der Waals surface area contributed by atoms with E-state index in [9.17, 15) is 0 Å². The van der Waals surface area contributed by atoms with Crippen LogP contribution >= 0.6 is 0 Å². The van der Waals surface area contributed by atoms with Crippen LogP contribution in [0.4, 0.5) is 0 Å². The standard InChI is InChI=1S/C8H20N2/c1-5-7(9)6-8(2,3)10-4/h7,10H,5-6,9H2,1-4H3. The van der Waals surface area contributed by atoms with Gasteiger partial charge in [-0.3, -0.25) is 0 Å². The number of nitrogens with two attached hydrogens (primary N) is 1. The molecule has 2 nitrogen and oxygen atoms in total. The molecule has 1 atom stereocenters. The molecule has 3 N–H and O–H groups in total. The van der Waals surface area contributed by atoms with Crippen LogP contribution in [-0.4, -0.2) is 18.6 Å². The summed E-state index contributed by atoms with van der Waals surface area (Å²) in [6.07, 6.45) is 2.10. The maximum atomic E-state index is 5.79. The van der Waals surface area contributed by atoms with Gasteiger partial charge in [0.05, 0.1) is 0 Å². The highest BCUT2D eigenvalue weighted by molar-refractivity contribution is 4.80. The lowest BCUT2D eigenvalue weighted by Crippen LogP contribution is -2.41. The van der Waals surface area contributed by atoms with Crippen LogP contribution in [0, 0.1) is 0 Å². The van der Waals surface area contributed by atoms with Crippen LogP contribution in [0.15, 0.2) is 0 Å². The lowest BCUT2D eigenvalue weighted by atomic mass is 9.95. The van der Waals surface area contributed by atoms with Gasteiger partial charge in [0, 0.05) is 11.6 Å². The first kappa shape index (κ1) is 9.92. The third-order valence-corrected chi connectivity index (χ3v) is 1.97. The predicted molar refractivity (Wildman–Crippen MR) is 46.0 cm³/mol. The highest BCUT2D eigenvalue weighted by Gasteiger charge is 2.17. The SMILES string of the molecule is CCC(N)CC(C)(C)NC. The van der Waals surface area contributed by atoms with Gasteiger partial charge >= 0.3 is 0 Å². The first-order valence-electron chi connectivity index (χ1n) is 3.96. The zero-order valence-electron chi connectivity index (χ0n) is 7.57. The molecular weight excluding hydrogens is 124 g/mol. The van der Waals surface area contributed by atoms with Gasteiger partial charge in [-0.25, -0.2) is 0 Å². The van der Waals surface area contributed by atoms with E-state index in [1.165, 1.54) is 0 Å². The number of hydrogen-bond acceptors (Lipinski definition) is 2. The number of rotatable bonds is 4. The summed E-state index contributed by atoms with van der Waals surface area (Å²) < 4.78 is 0. The molecule has 1 unspecified atom stereocenters. The Balaban J connectivity index is 3.64. The molecule has 0 fully saturated rings. The van der Waals surface area contributed by atoms with E-state index < -0.39 is 0 Å². The average molecular weight is 144 g/mol. The Bertz CT molecular complexity index is 89.3. The predicted octanol–water partition coefficient (Wildman–Crippen LogP) is 1.11. The molecule has 0 aliphatic heterocycles. The van der Waals surface area contributed by atoms with E-state index in [1.807, 2.05) is 7.05 Å². The van der Waals surface area contributed by atoms with Crippen molar-refractivity contribution >= 4 is 0 Å². The van der Waals surface area contributed by atoms with Crippen molar-refractivity contribution in [3.05, 3.63) is 0 Å². The molecule has 0 aliphatic carbocycles. The van der Waals surface area contributed by atoms with Crippen molar-refractivity contribution in [2.45, 2.75) is 45.2 Å². The van der Waals surface area contributed by atoms with Crippen molar-refractivity contribution in [2.24, 2.45) is 5.73 Å². The second-order valence-electron chi connectivity index (χ2n) is 3.51. The minimum atomic E-state index is 0.190. The second kappa shape index (κ2) is 3.94. The summed E-state index contributed by atoms with van der Waals surface area (Å²) in [5.74, 6) is 0. The third kappa shape index (κ3) is 3.85. The molecule has 0 radical (unpaired) electrons. The van der Waals surface area contributed by atoms with E-state index in [0.717, 1.165) is 12.8 Å². The highest BCUT2D eigenvalue weighted by Crippen LogP contribution is 2.10. The molecule has 0 saturated carbocycles. The van der Waals surface area contributed by atoms with Crippen LogP contribution in [-0.2, 0) is 0 Å². The fraction of sp³-hybridized carbons (Fsp3) is 1.00. The maximum absolute atomic E-state index is 5.79. The van der Waals surface area contributed by atoms with E-state index >= 15 is 0 Å². The first-order chi connectivity index (χ1) is 4.52. The molecule has 0 heterocycles. The third-order valence-electron chi connectivity index (χ3n) is 1.97. The summed E-state index contributed by atoms with van der Waals surface area (Å²) in [7, 11) is 1.97. The largest absolute Gasteiger partial charge is 0.328 e. The lowest BCUT2D eigenvalue weighted by Gasteiger charge is -2.26. The van der Waals surface area contributed by atoms with Gasteiger partial charge in [0.1, 0.15) is 0 Å². The van der Waals surface area contributed by atoms with Crippen LogP contribution in [0.2, 0.25) is 0 Å². The molecule has 0 spiro atoms. The summed E-state index contributed by atoms with van der Waals surface area (Å²) >= 11 is 0. The van der Waals surface area contributed by atoms with Gasteiger partial charge in [-0.15, -0.1) is 0 Å². The summed E-state index contributed by atoms with van der Waals surface area (Å²) in [6, 6.07) is 0.336. The molecule has 10 heavy (non-hydrogen) atoms. The van der Waals surface area contributed by atoms with E-state index in [1.54, 1.807) is 0 Å². The maximum Gasteiger partial charge on any atom is 0.0136 e. The van der Waals surface area contributed by atoms with Gasteiger partial charge in [0.25, 0.3) is 0 Å². The van der Waals surface area contributed by atoms with Crippen LogP contribution in [0.3, 0.4) is 0 Å². The molecule has 62 valence electrons. The number of hydrogen-bond donors (Lipinski definition) is 2. The number of nitrogens with one attached hydrogen (secondary N) is 1. The molecule has 0 amide bonds. The zero-order valence-corrected chi connectivity index (χ0v) is 7.57. The van der Waals surface area contributed by atoms with Crippen molar-refractivity contribution < 1.29 is 0 Å². The molecular formula is C8H20N2. The van der Waals surface area contributed by atoms with Crippen molar-refractivity contribution in [3.63, 3.8) is 0 Å². The lowest BCUT2D eigenvalue weighted by molar-refractivity contribution is 0.354.